The van der Waals surface area contributed by atoms with Crippen LogP contribution < -0.4 is 9.96 Å². The van der Waals surface area contributed by atoms with E-state index in [-0.39, 0.29) is 0 Å². The summed E-state index contributed by atoms with van der Waals surface area (Å²) in [5.41, 5.74) is 0.341. The van der Waals surface area contributed by atoms with Gasteiger partial charge in [-0.2, -0.15) is 0 Å². The van der Waals surface area contributed by atoms with Gasteiger partial charge < -0.3 is 19.7 Å². The van der Waals surface area contributed by atoms with Crippen LogP contribution in [0.2, 0.25) is 6.82 Å². The molecular weight excluding hydrogens is 223 g/mol. The molecule has 7 heteroatoms. The van der Waals surface area contributed by atoms with Crippen molar-refractivity contribution in [2.24, 2.45) is 0 Å². The minimum atomic E-state index is -0.571. The van der Waals surface area contributed by atoms with Crippen LogP contribution in [-0.4, -0.2) is 43.3 Å². The number of carbonyl (C=O) groups excluding carboxylic acids is 1. The number of hydrogen-bond donors (Lipinski definition) is 2. The summed E-state index contributed by atoms with van der Waals surface area (Å²) in [6.45, 7) is 2.50. The quantitative estimate of drug-likeness (QED) is 0.410. The highest BCUT2D eigenvalue weighted by Crippen LogP contribution is 2.11. The van der Waals surface area contributed by atoms with E-state index in [2.05, 4.69) is 14.9 Å². The van der Waals surface area contributed by atoms with Crippen molar-refractivity contribution in [3.63, 3.8) is 0 Å². The molecule has 92 valence electrons. The number of methoxy groups -OCH3 is 1. The lowest BCUT2D eigenvalue weighted by molar-refractivity contribution is 0.0599. The molecule has 1 aromatic rings. The number of pyridine rings is 1. The van der Waals surface area contributed by atoms with Gasteiger partial charge in [-0.3, -0.25) is 4.98 Å². The maximum atomic E-state index is 11.2. The Morgan fingerprint density at radius 2 is 2.35 bits per heavy atom. The van der Waals surface area contributed by atoms with E-state index in [1.54, 1.807) is 12.9 Å². The lowest BCUT2D eigenvalue weighted by Gasteiger charge is -2.08. The van der Waals surface area contributed by atoms with Gasteiger partial charge in [-0.1, -0.05) is 0 Å². The second-order valence-corrected chi connectivity index (χ2v) is 3.38. The fourth-order valence-electron chi connectivity index (χ4n) is 1.16. The summed E-state index contributed by atoms with van der Waals surface area (Å²) in [5, 5.41) is 11.7. The molecule has 0 fully saturated rings. The average Bonchev–Trinajstić information content (AvgIpc) is 2.34. The van der Waals surface area contributed by atoms with Gasteiger partial charge in [0, 0.05) is 12.7 Å². The van der Waals surface area contributed by atoms with Gasteiger partial charge in [0.25, 0.3) is 0 Å². The van der Waals surface area contributed by atoms with Crippen molar-refractivity contribution in [1.29, 1.82) is 0 Å². The zero-order chi connectivity index (χ0) is 12.7. The van der Waals surface area contributed by atoms with Crippen LogP contribution in [0.1, 0.15) is 10.4 Å². The van der Waals surface area contributed by atoms with Gasteiger partial charge in [-0.15, -0.1) is 0 Å². The van der Waals surface area contributed by atoms with Crippen molar-refractivity contribution in [3.8, 4) is 5.75 Å². The van der Waals surface area contributed by atoms with Crippen LogP contribution in [0.15, 0.2) is 18.5 Å². The first-order chi connectivity index (χ1) is 8.13. The summed E-state index contributed by atoms with van der Waals surface area (Å²) in [7, 11) is 0.737. The van der Waals surface area contributed by atoms with Crippen molar-refractivity contribution in [1.82, 2.24) is 10.2 Å². The zero-order valence-electron chi connectivity index (χ0n) is 9.84. The number of nitrogens with zero attached hydrogens (tertiary/aromatic N) is 1. The number of aromatic nitrogens is 1. The molecule has 0 spiro atoms. The highest BCUT2D eigenvalue weighted by atomic mass is 16.5. The number of esters is 1. The molecule has 0 saturated carbocycles. The van der Waals surface area contributed by atoms with Crippen LogP contribution in [0.4, 0.5) is 0 Å². The fourth-order valence-corrected chi connectivity index (χ4v) is 1.16. The minimum Gasteiger partial charge on any atom is -0.491 e. The van der Waals surface area contributed by atoms with Crippen molar-refractivity contribution in [2.75, 3.05) is 20.3 Å². The molecule has 2 N–H and O–H groups in total. The summed E-state index contributed by atoms with van der Waals surface area (Å²) in [4.78, 5) is 15.1. The molecule has 1 heterocycles. The summed E-state index contributed by atoms with van der Waals surface area (Å²) in [6.07, 6.45) is 2.92. The van der Waals surface area contributed by atoms with Crippen molar-refractivity contribution >= 4 is 13.0 Å². The lowest BCUT2D eigenvalue weighted by atomic mass is 9.89. The van der Waals surface area contributed by atoms with Crippen LogP contribution in [-0.2, 0) is 4.74 Å². The number of ether oxygens (including phenoxy) is 2. The Bertz CT molecular complexity index is 373. The number of rotatable bonds is 6. The Morgan fingerprint density at radius 1 is 1.59 bits per heavy atom. The van der Waals surface area contributed by atoms with Gasteiger partial charge in [-0.25, -0.2) is 4.79 Å². The lowest BCUT2D eigenvalue weighted by Crippen LogP contribution is -2.33. The monoisotopic (exact) mass is 238 g/mol. The van der Waals surface area contributed by atoms with Gasteiger partial charge in [0.2, 0.25) is 0 Å². The van der Waals surface area contributed by atoms with Crippen molar-refractivity contribution < 1.29 is 19.3 Å². The first kappa shape index (κ1) is 13.5. The van der Waals surface area contributed by atoms with Gasteiger partial charge >= 0.3 is 13.0 Å². The standard InChI is InChI=1S/C10H15BN2O4/c1-11(15)13-3-4-17-9-5-8(6-12-7-9)10(14)16-2/h5-7,13,15H,3-4H2,1-2H3. The van der Waals surface area contributed by atoms with Gasteiger partial charge in [-0.05, 0) is 12.9 Å². The van der Waals surface area contributed by atoms with Crippen LogP contribution in [0.25, 0.3) is 0 Å². The molecule has 0 atom stereocenters. The Kier molecular flexibility index (Phi) is 5.45. The second-order valence-electron chi connectivity index (χ2n) is 3.38. The number of nitrogens with one attached hydrogen (secondary N) is 1. The van der Waals surface area contributed by atoms with Crippen LogP contribution in [0.5, 0.6) is 5.75 Å². The third-order valence-electron chi connectivity index (χ3n) is 1.94. The van der Waals surface area contributed by atoms with Gasteiger partial charge in [0.1, 0.15) is 5.75 Å². The Labute approximate surface area is 100 Å². The van der Waals surface area contributed by atoms with Gasteiger partial charge in [0.05, 0.1) is 25.5 Å². The summed E-state index contributed by atoms with van der Waals surface area (Å²) < 4.78 is 9.92. The Hall–Kier alpha value is -1.60. The van der Waals surface area contributed by atoms with E-state index in [0.29, 0.717) is 24.5 Å². The minimum absolute atomic E-state index is 0.341. The van der Waals surface area contributed by atoms with E-state index < -0.39 is 13.0 Å². The predicted molar refractivity (Wildman–Crippen MR) is 62.9 cm³/mol. The molecule has 0 amide bonds. The summed E-state index contributed by atoms with van der Waals surface area (Å²) in [6, 6.07) is 1.56. The average molecular weight is 238 g/mol. The van der Waals surface area contributed by atoms with Crippen LogP contribution in [0.3, 0.4) is 0 Å². The fraction of sp³-hybridized carbons (Fsp3) is 0.400. The van der Waals surface area contributed by atoms with Crippen LogP contribution >= 0.6 is 0 Å². The molecule has 17 heavy (non-hydrogen) atoms. The smallest absolute Gasteiger partial charge is 0.373 e. The Balaban J connectivity index is 2.46. The normalized spacial score (nSPS) is 9.82. The van der Waals surface area contributed by atoms with Crippen molar-refractivity contribution in [3.05, 3.63) is 24.0 Å². The Morgan fingerprint density at radius 3 is 3.00 bits per heavy atom. The highest BCUT2D eigenvalue weighted by molar-refractivity contribution is 6.45. The highest BCUT2D eigenvalue weighted by Gasteiger charge is 2.07. The zero-order valence-corrected chi connectivity index (χ0v) is 9.84. The van der Waals surface area contributed by atoms with E-state index >= 15 is 0 Å². The summed E-state index contributed by atoms with van der Waals surface area (Å²) in [5.74, 6) is 0.0327. The van der Waals surface area contributed by atoms with Crippen molar-refractivity contribution in [2.45, 2.75) is 6.82 Å². The molecule has 0 unspecified atom stereocenters. The topological polar surface area (TPSA) is 80.7 Å². The van der Waals surface area contributed by atoms with Gasteiger partial charge in [0.15, 0.2) is 0 Å². The molecule has 1 rings (SSSR count). The van der Waals surface area contributed by atoms with E-state index in [9.17, 15) is 4.79 Å². The molecule has 0 aliphatic heterocycles. The van der Waals surface area contributed by atoms with E-state index in [1.165, 1.54) is 19.5 Å². The maximum absolute atomic E-state index is 11.2. The maximum Gasteiger partial charge on any atom is 0.373 e. The second kappa shape index (κ2) is 6.87. The predicted octanol–water partition coefficient (Wildman–Crippen LogP) is -0.0531. The molecular formula is C10H15BN2O4. The van der Waals surface area contributed by atoms with Crippen LogP contribution in [0, 0.1) is 0 Å². The van der Waals surface area contributed by atoms with E-state index in [4.69, 9.17) is 9.76 Å². The third kappa shape index (κ3) is 4.84. The first-order valence-electron chi connectivity index (χ1n) is 5.21. The molecule has 0 radical (unpaired) electrons. The molecule has 0 aromatic carbocycles. The largest absolute Gasteiger partial charge is 0.491 e. The first-order valence-corrected chi connectivity index (χ1v) is 5.21. The third-order valence-corrected chi connectivity index (χ3v) is 1.94. The van der Waals surface area contributed by atoms with E-state index in [0.717, 1.165) is 0 Å². The van der Waals surface area contributed by atoms with E-state index in [1.807, 2.05) is 0 Å². The number of hydrogen-bond acceptors (Lipinski definition) is 6. The SMILES string of the molecule is COC(=O)c1cncc(OCCNB(C)O)c1. The molecule has 6 nitrogen and oxygen atoms in total. The molecule has 0 bridgehead atoms. The molecule has 0 aliphatic carbocycles. The molecule has 1 aromatic heterocycles. The molecule has 0 aliphatic rings. The number of carbonyl (C=O) groups is 1. The molecule has 0 saturated heterocycles. The summed E-state index contributed by atoms with van der Waals surface area (Å²) >= 11 is 0.